The van der Waals surface area contributed by atoms with Crippen molar-refractivity contribution in [3.8, 4) is 0 Å². The van der Waals surface area contributed by atoms with Crippen molar-refractivity contribution >= 4 is 5.95 Å². The molecule has 1 aromatic heterocycles. The number of hydrogen-bond acceptors (Lipinski definition) is 4. The molecule has 0 amide bonds. The summed E-state index contributed by atoms with van der Waals surface area (Å²) in [5.74, 6) is 0.729. The molecule has 134 valence electrons. The first-order valence-electron chi connectivity index (χ1n) is 8.35. The first kappa shape index (κ1) is 17.7. The van der Waals surface area contributed by atoms with Crippen LogP contribution in [0.1, 0.15) is 18.1 Å². The number of piperazine rings is 1. The highest BCUT2D eigenvalue weighted by atomic mass is 19.4. The zero-order chi connectivity index (χ0) is 17.9. The van der Waals surface area contributed by atoms with Gasteiger partial charge in [0.2, 0.25) is 5.95 Å². The maximum atomic E-state index is 12.8. The quantitative estimate of drug-likeness (QED) is 0.847. The number of anilines is 1. The normalized spacial score (nSPS) is 17.5. The van der Waals surface area contributed by atoms with E-state index in [4.69, 9.17) is 0 Å². The summed E-state index contributed by atoms with van der Waals surface area (Å²) >= 11 is 0. The van der Waals surface area contributed by atoms with Gasteiger partial charge in [0.05, 0.1) is 5.56 Å². The van der Waals surface area contributed by atoms with Gasteiger partial charge in [0.25, 0.3) is 0 Å². The van der Waals surface area contributed by atoms with Crippen molar-refractivity contribution < 1.29 is 13.2 Å². The second kappa shape index (κ2) is 7.39. The average Bonchev–Trinajstić information content (AvgIpc) is 2.62. The van der Waals surface area contributed by atoms with E-state index in [1.807, 2.05) is 0 Å². The molecule has 0 radical (unpaired) electrons. The Hall–Kier alpha value is -2.15. The number of nitrogens with zero attached hydrogens (tertiary/aromatic N) is 4. The summed E-state index contributed by atoms with van der Waals surface area (Å²) in [6.07, 6.45) is -0.234. The predicted octanol–water partition coefficient (Wildman–Crippen LogP) is 3.25. The number of aromatic nitrogens is 2. The van der Waals surface area contributed by atoms with Gasteiger partial charge in [-0.3, -0.25) is 4.90 Å². The lowest BCUT2D eigenvalue weighted by molar-refractivity contribution is -0.137. The Bertz CT molecular complexity index is 682. The van der Waals surface area contributed by atoms with Crippen molar-refractivity contribution in [3.63, 3.8) is 0 Å². The van der Waals surface area contributed by atoms with Crippen LogP contribution in [0.3, 0.4) is 0 Å². The molecule has 7 heteroatoms. The maximum Gasteiger partial charge on any atom is 0.416 e. The lowest BCUT2D eigenvalue weighted by Crippen LogP contribution is -2.50. The van der Waals surface area contributed by atoms with Crippen molar-refractivity contribution in [1.29, 1.82) is 0 Å². The van der Waals surface area contributed by atoms with Crippen molar-refractivity contribution in [2.75, 3.05) is 31.1 Å². The number of halogens is 3. The molecule has 0 N–H and O–H groups in total. The minimum atomic E-state index is -4.29. The molecule has 0 spiro atoms. The van der Waals surface area contributed by atoms with Crippen LogP contribution in [0.15, 0.2) is 42.7 Å². The smallest absolute Gasteiger partial charge is 0.338 e. The average molecular weight is 350 g/mol. The summed E-state index contributed by atoms with van der Waals surface area (Å²) in [5, 5.41) is 0. The van der Waals surface area contributed by atoms with Gasteiger partial charge in [-0.05, 0) is 31.0 Å². The third-order valence-corrected chi connectivity index (χ3v) is 4.56. The summed E-state index contributed by atoms with van der Waals surface area (Å²) in [6.45, 7) is 5.39. The van der Waals surface area contributed by atoms with Gasteiger partial charge in [-0.1, -0.05) is 18.2 Å². The highest BCUT2D eigenvalue weighted by molar-refractivity contribution is 5.29. The molecule has 3 rings (SSSR count). The molecule has 25 heavy (non-hydrogen) atoms. The monoisotopic (exact) mass is 350 g/mol. The predicted molar refractivity (Wildman–Crippen MR) is 90.4 cm³/mol. The van der Waals surface area contributed by atoms with E-state index in [1.54, 1.807) is 24.5 Å². The van der Waals surface area contributed by atoms with Gasteiger partial charge in [-0.25, -0.2) is 9.97 Å². The van der Waals surface area contributed by atoms with Gasteiger partial charge in [-0.15, -0.1) is 0 Å². The number of rotatable bonds is 4. The van der Waals surface area contributed by atoms with Gasteiger partial charge in [0.15, 0.2) is 0 Å². The van der Waals surface area contributed by atoms with Gasteiger partial charge in [0, 0.05) is 44.6 Å². The zero-order valence-electron chi connectivity index (χ0n) is 14.1. The summed E-state index contributed by atoms with van der Waals surface area (Å²) in [7, 11) is 0. The maximum absolute atomic E-state index is 12.8. The number of benzene rings is 1. The van der Waals surface area contributed by atoms with Crippen LogP contribution in [0.2, 0.25) is 0 Å². The van der Waals surface area contributed by atoms with Gasteiger partial charge < -0.3 is 4.90 Å². The Kier molecular flexibility index (Phi) is 5.22. The molecule has 1 atom stereocenters. The standard InChI is InChI=1S/C18H21F3N4/c1-14(12-15-4-2-5-16(13-15)18(19,20)21)24-8-10-25(11-9-24)17-22-6-3-7-23-17/h2-7,13-14H,8-12H2,1H3. The summed E-state index contributed by atoms with van der Waals surface area (Å²) in [4.78, 5) is 13.0. The van der Waals surface area contributed by atoms with E-state index in [9.17, 15) is 13.2 Å². The van der Waals surface area contributed by atoms with Crippen molar-refractivity contribution in [2.24, 2.45) is 0 Å². The molecule has 4 nitrogen and oxygen atoms in total. The zero-order valence-corrected chi connectivity index (χ0v) is 14.1. The minimum Gasteiger partial charge on any atom is -0.338 e. The molecule has 1 aliphatic rings. The molecule has 1 aromatic carbocycles. The van der Waals surface area contributed by atoms with Crippen LogP contribution >= 0.6 is 0 Å². The lowest BCUT2D eigenvalue weighted by atomic mass is 10.0. The van der Waals surface area contributed by atoms with E-state index in [-0.39, 0.29) is 6.04 Å². The fourth-order valence-corrected chi connectivity index (χ4v) is 3.16. The van der Waals surface area contributed by atoms with E-state index in [2.05, 4.69) is 26.7 Å². The molecule has 1 aliphatic heterocycles. The number of alkyl halides is 3. The van der Waals surface area contributed by atoms with E-state index >= 15 is 0 Å². The summed E-state index contributed by atoms with van der Waals surface area (Å²) < 4.78 is 38.5. The molecule has 0 aliphatic carbocycles. The molecule has 0 bridgehead atoms. The highest BCUT2D eigenvalue weighted by Gasteiger charge is 2.30. The Morgan fingerprint density at radius 1 is 1.04 bits per heavy atom. The third kappa shape index (κ3) is 4.48. The lowest BCUT2D eigenvalue weighted by Gasteiger charge is -2.38. The van der Waals surface area contributed by atoms with Gasteiger partial charge in [0.1, 0.15) is 0 Å². The van der Waals surface area contributed by atoms with Crippen LogP contribution in [0.5, 0.6) is 0 Å². The summed E-state index contributed by atoms with van der Waals surface area (Å²) in [6, 6.07) is 7.59. The van der Waals surface area contributed by atoms with Crippen LogP contribution in [0.4, 0.5) is 19.1 Å². The largest absolute Gasteiger partial charge is 0.416 e. The van der Waals surface area contributed by atoms with E-state index in [0.717, 1.165) is 43.8 Å². The van der Waals surface area contributed by atoms with E-state index in [0.29, 0.717) is 6.42 Å². The Balaban J connectivity index is 1.57. The molecule has 0 saturated carbocycles. The molecule has 1 unspecified atom stereocenters. The van der Waals surface area contributed by atoms with Gasteiger partial charge >= 0.3 is 6.18 Å². The molecule has 1 saturated heterocycles. The van der Waals surface area contributed by atoms with Crippen LogP contribution in [-0.2, 0) is 12.6 Å². The van der Waals surface area contributed by atoms with Crippen molar-refractivity contribution in [1.82, 2.24) is 14.9 Å². The van der Waals surface area contributed by atoms with E-state index < -0.39 is 11.7 Å². The molecule has 2 aromatic rings. The molecular formula is C18H21F3N4. The van der Waals surface area contributed by atoms with E-state index in [1.165, 1.54) is 12.1 Å². The van der Waals surface area contributed by atoms with Crippen LogP contribution in [-0.4, -0.2) is 47.1 Å². The van der Waals surface area contributed by atoms with Crippen LogP contribution in [0, 0.1) is 0 Å². The first-order chi connectivity index (χ1) is 11.9. The minimum absolute atomic E-state index is 0.183. The second-order valence-electron chi connectivity index (χ2n) is 6.32. The molecular weight excluding hydrogens is 329 g/mol. The Morgan fingerprint density at radius 2 is 1.72 bits per heavy atom. The number of hydrogen-bond donors (Lipinski definition) is 0. The Morgan fingerprint density at radius 3 is 2.36 bits per heavy atom. The second-order valence-corrected chi connectivity index (χ2v) is 6.32. The summed E-state index contributed by atoms with van der Waals surface area (Å²) in [5.41, 5.74) is 0.138. The first-order valence-corrected chi connectivity index (χ1v) is 8.35. The van der Waals surface area contributed by atoms with Gasteiger partial charge in [-0.2, -0.15) is 13.2 Å². The molecule has 2 heterocycles. The molecule has 1 fully saturated rings. The van der Waals surface area contributed by atoms with Crippen molar-refractivity contribution in [2.45, 2.75) is 25.6 Å². The third-order valence-electron chi connectivity index (χ3n) is 4.56. The topological polar surface area (TPSA) is 32.3 Å². The van der Waals surface area contributed by atoms with Crippen LogP contribution in [0.25, 0.3) is 0 Å². The Labute approximate surface area is 145 Å². The van der Waals surface area contributed by atoms with Crippen LogP contribution < -0.4 is 4.90 Å². The SMILES string of the molecule is CC(Cc1cccc(C(F)(F)F)c1)N1CCN(c2ncccn2)CC1. The fraction of sp³-hybridized carbons (Fsp3) is 0.444. The highest BCUT2D eigenvalue weighted by Crippen LogP contribution is 2.30. The fourth-order valence-electron chi connectivity index (χ4n) is 3.16. The van der Waals surface area contributed by atoms with Crippen molar-refractivity contribution in [3.05, 3.63) is 53.9 Å².